The van der Waals surface area contributed by atoms with Gasteiger partial charge in [-0.3, -0.25) is 4.79 Å². The van der Waals surface area contributed by atoms with Gasteiger partial charge in [-0.1, -0.05) is 0 Å². The molecule has 1 saturated heterocycles. The van der Waals surface area contributed by atoms with Gasteiger partial charge in [0.2, 0.25) is 0 Å². The van der Waals surface area contributed by atoms with Crippen LogP contribution in [0.2, 0.25) is 0 Å². The van der Waals surface area contributed by atoms with Gasteiger partial charge in [-0.25, -0.2) is 0 Å². The number of amides is 1. The van der Waals surface area contributed by atoms with Gasteiger partial charge in [0.15, 0.2) is 0 Å². The average molecular weight is 278 g/mol. The number of nitrogens with two attached hydrogens (primary N) is 1. The van der Waals surface area contributed by atoms with Gasteiger partial charge in [-0.2, -0.15) is 0 Å². The Morgan fingerprint density at radius 1 is 1.50 bits per heavy atom. The maximum absolute atomic E-state index is 11.7. The Labute approximate surface area is 119 Å². The smallest absolute Gasteiger partial charge is 0.251 e. The predicted octanol–water partition coefficient (Wildman–Crippen LogP) is 1.97. The van der Waals surface area contributed by atoms with Crippen molar-refractivity contribution in [3.05, 3.63) is 23.8 Å². The summed E-state index contributed by atoms with van der Waals surface area (Å²) in [6, 6.07) is 5.10. The van der Waals surface area contributed by atoms with Gasteiger partial charge in [0.25, 0.3) is 5.91 Å². The van der Waals surface area contributed by atoms with E-state index in [1.165, 1.54) is 6.42 Å². The van der Waals surface area contributed by atoms with Crippen molar-refractivity contribution >= 4 is 11.6 Å². The topological polar surface area (TPSA) is 73.6 Å². The third-order valence-electron chi connectivity index (χ3n) is 3.31. The van der Waals surface area contributed by atoms with Crippen LogP contribution in [0.5, 0.6) is 5.75 Å². The van der Waals surface area contributed by atoms with Crippen molar-refractivity contribution in [1.29, 1.82) is 0 Å². The van der Waals surface area contributed by atoms with Gasteiger partial charge < -0.3 is 20.5 Å². The van der Waals surface area contributed by atoms with E-state index in [2.05, 4.69) is 5.32 Å². The summed E-state index contributed by atoms with van der Waals surface area (Å²) in [5.41, 5.74) is 6.95. The largest absolute Gasteiger partial charge is 0.489 e. The molecule has 2 rings (SSSR count). The van der Waals surface area contributed by atoms with E-state index in [0.29, 0.717) is 30.2 Å². The molecule has 1 atom stereocenters. The quantitative estimate of drug-likeness (QED) is 0.808. The fraction of sp³-hybridized carbons (Fsp3) is 0.533. The first-order valence-corrected chi connectivity index (χ1v) is 7.13. The summed E-state index contributed by atoms with van der Waals surface area (Å²) in [7, 11) is 0. The summed E-state index contributed by atoms with van der Waals surface area (Å²) in [6.45, 7) is 3.78. The molecule has 1 aromatic rings. The molecular weight excluding hydrogens is 256 g/mol. The van der Waals surface area contributed by atoms with Crippen molar-refractivity contribution < 1.29 is 14.3 Å². The zero-order valence-electron chi connectivity index (χ0n) is 11.9. The summed E-state index contributed by atoms with van der Waals surface area (Å²) in [6.07, 6.45) is 3.47. The summed E-state index contributed by atoms with van der Waals surface area (Å²) < 4.78 is 11.3. The van der Waals surface area contributed by atoms with Crippen molar-refractivity contribution in [2.45, 2.75) is 32.3 Å². The van der Waals surface area contributed by atoms with E-state index in [-0.39, 0.29) is 12.0 Å². The Bertz CT molecular complexity index is 456. The average Bonchev–Trinajstić information content (AvgIpc) is 2.47. The van der Waals surface area contributed by atoms with Gasteiger partial charge in [0.05, 0.1) is 11.8 Å². The number of carbonyl (C=O) groups is 1. The van der Waals surface area contributed by atoms with E-state index >= 15 is 0 Å². The molecule has 0 spiro atoms. The van der Waals surface area contributed by atoms with E-state index in [9.17, 15) is 4.79 Å². The maximum atomic E-state index is 11.7. The Morgan fingerprint density at radius 3 is 3.00 bits per heavy atom. The fourth-order valence-corrected chi connectivity index (χ4v) is 2.21. The second-order valence-electron chi connectivity index (χ2n) is 4.91. The highest BCUT2D eigenvalue weighted by molar-refractivity contribution is 5.95. The molecule has 0 bridgehead atoms. The summed E-state index contributed by atoms with van der Waals surface area (Å²) in [4.78, 5) is 11.7. The van der Waals surface area contributed by atoms with Crippen LogP contribution in [-0.4, -0.2) is 31.8 Å². The minimum Gasteiger partial charge on any atom is -0.489 e. The molecule has 1 aliphatic heterocycles. The number of rotatable bonds is 5. The molecule has 1 unspecified atom stereocenters. The predicted molar refractivity (Wildman–Crippen MR) is 77.9 cm³/mol. The zero-order chi connectivity index (χ0) is 14.4. The van der Waals surface area contributed by atoms with Crippen LogP contribution in [0, 0.1) is 0 Å². The second kappa shape index (κ2) is 7.14. The molecule has 1 aliphatic rings. The monoisotopic (exact) mass is 278 g/mol. The molecule has 1 aromatic carbocycles. The van der Waals surface area contributed by atoms with Crippen LogP contribution < -0.4 is 15.8 Å². The zero-order valence-corrected chi connectivity index (χ0v) is 11.9. The van der Waals surface area contributed by atoms with Gasteiger partial charge in [0, 0.05) is 18.7 Å². The van der Waals surface area contributed by atoms with Crippen molar-refractivity contribution in [3.63, 3.8) is 0 Å². The van der Waals surface area contributed by atoms with Gasteiger partial charge in [-0.15, -0.1) is 0 Å². The van der Waals surface area contributed by atoms with Gasteiger partial charge >= 0.3 is 0 Å². The molecule has 1 amide bonds. The molecular formula is C15H22N2O3. The molecule has 0 aromatic heterocycles. The summed E-state index contributed by atoms with van der Waals surface area (Å²) in [5, 5.41) is 2.74. The van der Waals surface area contributed by atoms with Crippen molar-refractivity contribution in [3.8, 4) is 5.75 Å². The number of nitrogen functional groups attached to an aromatic ring is 1. The Kier molecular flexibility index (Phi) is 5.24. The first-order valence-electron chi connectivity index (χ1n) is 7.13. The molecule has 20 heavy (non-hydrogen) atoms. The Balaban J connectivity index is 1.93. The molecule has 3 N–H and O–H groups in total. The van der Waals surface area contributed by atoms with Crippen molar-refractivity contribution in [1.82, 2.24) is 5.32 Å². The first-order chi connectivity index (χ1) is 9.70. The molecule has 110 valence electrons. The third kappa shape index (κ3) is 3.87. The van der Waals surface area contributed by atoms with Crippen LogP contribution >= 0.6 is 0 Å². The van der Waals surface area contributed by atoms with Crippen LogP contribution in [0.25, 0.3) is 0 Å². The molecule has 0 radical (unpaired) electrons. The van der Waals surface area contributed by atoms with E-state index in [4.69, 9.17) is 15.2 Å². The van der Waals surface area contributed by atoms with Crippen LogP contribution in [0.4, 0.5) is 5.69 Å². The van der Waals surface area contributed by atoms with Crippen LogP contribution in [0.1, 0.15) is 36.5 Å². The molecule has 0 saturated carbocycles. The van der Waals surface area contributed by atoms with Crippen molar-refractivity contribution in [2.24, 2.45) is 0 Å². The highest BCUT2D eigenvalue weighted by Gasteiger charge is 2.15. The molecule has 1 heterocycles. The first kappa shape index (κ1) is 14.7. The van der Waals surface area contributed by atoms with E-state index in [1.807, 2.05) is 6.92 Å². The fourth-order valence-electron chi connectivity index (χ4n) is 2.21. The van der Waals surface area contributed by atoms with Gasteiger partial charge in [-0.05, 0) is 44.4 Å². The van der Waals surface area contributed by atoms with Crippen LogP contribution in [0.3, 0.4) is 0 Å². The third-order valence-corrected chi connectivity index (χ3v) is 3.31. The van der Waals surface area contributed by atoms with Crippen molar-refractivity contribution in [2.75, 3.05) is 25.5 Å². The van der Waals surface area contributed by atoms with Crippen LogP contribution in [0.15, 0.2) is 18.2 Å². The number of hydrogen-bond acceptors (Lipinski definition) is 4. The molecule has 5 nitrogen and oxygen atoms in total. The molecule has 1 fully saturated rings. The number of hydrogen-bond donors (Lipinski definition) is 2. The minimum atomic E-state index is -0.124. The SMILES string of the molecule is CCNC(=O)c1ccc(OCC2CCCCO2)c(N)c1. The van der Waals surface area contributed by atoms with E-state index in [1.54, 1.807) is 18.2 Å². The number of ether oxygens (including phenoxy) is 2. The summed E-state index contributed by atoms with van der Waals surface area (Å²) >= 11 is 0. The second-order valence-corrected chi connectivity index (χ2v) is 4.91. The number of carbonyl (C=O) groups excluding carboxylic acids is 1. The van der Waals surface area contributed by atoms with E-state index < -0.39 is 0 Å². The lowest BCUT2D eigenvalue weighted by atomic mass is 10.1. The Hall–Kier alpha value is -1.75. The lowest BCUT2D eigenvalue weighted by Crippen LogP contribution is -2.26. The summed E-state index contributed by atoms with van der Waals surface area (Å²) in [5.74, 6) is 0.480. The van der Waals surface area contributed by atoms with E-state index in [0.717, 1.165) is 19.4 Å². The standard InChI is InChI=1S/C15H22N2O3/c1-2-17-15(18)11-6-7-14(13(16)9-11)20-10-12-5-3-4-8-19-12/h6-7,9,12H,2-5,8,10,16H2,1H3,(H,17,18). The van der Waals surface area contributed by atoms with Gasteiger partial charge in [0.1, 0.15) is 12.4 Å². The number of nitrogens with one attached hydrogen (secondary N) is 1. The lowest BCUT2D eigenvalue weighted by Gasteiger charge is -2.23. The maximum Gasteiger partial charge on any atom is 0.251 e. The highest BCUT2D eigenvalue weighted by Crippen LogP contribution is 2.24. The lowest BCUT2D eigenvalue weighted by molar-refractivity contribution is -0.0109. The number of benzene rings is 1. The minimum absolute atomic E-state index is 0.124. The molecule has 0 aliphatic carbocycles. The number of anilines is 1. The Morgan fingerprint density at radius 2 is 2.35 bits per heavy atom. The highest BCUT2D eigenvalue weighted by atomic mass is 16.5. The molecule has 5 heteroatoms. The normalized spacial score (nSPS) is 18.6. The van der Waals surface area contributed by atoms with Crippen LogP contribution in [-0.2, 0) is 4.74 Å².